The minimum atomic E-state index is -0.788. The van der Waals surface area contributed by atoms with E-state index < -0.39 is 11.8 Å². The lowest BCUT2D eigenvalue weighted by molar-refractivity contribution is -0.136. The molecule has 0 aromatic heterocycles. The number of rotatable bonds is 6. The number of aromatic hydroxyl groups is 1. The van der Waals surface area contributed by atoms with Crippen molar-refractivity contribution in [3.8, 4) is 5.75 Å². The summed E-state index contributed by atoms with van der Waals surface area (Å²) >= 11 is 0. The molecule has 0 aliphatic carbocycles. The highest BCUT2D eigenvalue weighted by molar-refractivity contribution is 6.40. The van der Waals surface area contributed by atoms with Gasteiger partial charge in [-0.15, -0.1) is 0 Å². The first-order valence-electron chi connectivity index (χ1n) is 7.10. The van der Waals surface area contributed by atoms with Gasteiger partial charge in [-0.3, -0.25) is 14.4 Å². The van der Waals surface area contributed by atoms with E-state index in [0.29, 0.717) is 35.8 Å². The first-order valence-corrected chi connectivity index (χ1v) is 7.10. The zero-order valence-electron chi connectivity index (χ0n) is 12.3. The number of fused-ring (bicyclic) bond motifs is 1. The molecule has 0 bridgehead atoms. The molecule has 0 saturated heterocycles. The minimum Gasteiger partial charge on any atom is -0.507 e. The van der Waals surface area contributed by atoms with E-state index >= 15 is 0 Å². The largest absolute Gasteiger partial charge is 0.507 e. The van der Waals surface area contributed by atoms with Gasteiger partial charge in [0.05, 0.1) is 0 Å². The summed E-state index contributed by atoms with van der Waals surface area (Å²) in [6.07, 6.45) is 1.10. The number of phenols is 1. The molecule has 0 heterocycles. The number of carbonyl (C=O) groups excluding carboxylic acids is 3. The van der Waals surface area contributed by atoms with Gasteiger partial charge in [0.15, 0.2) is 0 Å². The molecule has 0 fully saturated rings. The van der Waals surface area contributed by atoms with E-state index in [-0.39, 0.29) is 12.3 Å². The summed E-state index contributed by atoms with van der Waals surface area (Å²) in [5.41, 5.74) is 0.446. The van der Waals surface area contributed by atoms with Crippen molar-refractivity contribution in [3.05, 3.63) is 36.4 Å². The molecule has 3 amide bonds. The van der Waals surface area contributed by atoms with Crippen molar-refractivity contribution in [2.45, 2.75) is 6.42 Å². The molecule has 0 aliphatic rings. The van der Waals surface area contributed by atoms with Crippen LogP contribution < -0.4 is 16.0 Å². The average Bonchev–Trinajstić information content (AvgIpc) is 2.55. The summed E-state index contributed by atoms with van der Waals surface area (Å²) < 4.78 is 0. The predicted molar refractivity (Wildman–Crippen MR) is 85.9 cm³/mol. The summed E-state index contributed by atoms with van der Waals surface area (Å²) in [5.74, 6) is -1.44. The number of amides is 3. The van der Waals surface area contributed by atoms with Gasteiger partial charge in [-0.1, -0.05) is 24.3 Å². The van der Waals surface area contributed by atoms with Crippen LogP contribution in [0.4, 0.5) is 5.69 Å². The van der Waals surface area contributed by atoms with Crippen molar-refractivity contribution < 1.29 is 19.5 Å². The first kappa shape index (κ1) is 16.3. The van der Waals surface area contributed by atoms with Crippen molar-refractivity contribution in [2.75, 3.05) is 18.4 Å². The van der Waals surface area contributed by atoms with E-state index in [2.05, 4.69) is 16.0 Å². The highest BCUT2D eigenvalue weighted by Crippen LogP contribution is 2.29. The minimum absolute atomic E-state index is 0.103. The number of phenolic OH excluding ortho intramolecular Hbond substituents is 1. The summed E-state index contributed by atoms with van der Waals surface area (Å²) in [6.45, 7) is 0.706. The number of carbonyl (C=O) groups is 3. The van der Waals surface area contributed by atoms with E-state index in [1.165, 1.54) is 0 Å². The van der Waals surface area contributed by atoms with Crippen LogP contribution in [0, 0.1) is 0 Å². The van der Waals surface area contributed by atoms with Crippen molar-refractivity contribution in [3.63, 3.8) is 0 Å². The van der Waals surface area contributed by atoms with Crippen molar-refractivity contribution in [2.24, 2.45) is 0 Å². The fraction of sp³-hybridized carbons (Fsp3) is 0.188. The molecule has 0 saturated carbocycles. The molecule has 0 unspecified atom stereocenters. The van der Waals surface area contributed by atoms with Gasteiger partial charge in [0.2, 0.25) is 6.41 Å². The molecule has 7 nitrogen and oxygen atoms in total. The second kappa shape index (κ2) is 7.79. The molecule has 23 heavy (non-hydrogen) atoms. The van der Waals surface area contributed by atoms with Gasteiger partial charge in [0.1, 0.15) is 5.75 Å². The number of hydrogen-bond acceptors (Lipinski definition) is 4. The predicted octanol–water partition coefficient (Wildman–Crippen LogP) is 0.736. The van der Waals surface area contributed by atoms with Crippen LogP contribution >= 0.6 is 0 Å². The second-order valence-corrected chi connectivity index (χ2v) is 4.81. The lowest BCUT2D eigenvalue weighted by atomic mass is 10.1. The standard InChI is InChI=1S/C16H17N3O4/c20-10-17-8-3-9-18-15(22)16(23)19-13-6-1-5-12-11(13)4-2-7-14(12)21/h1-2,4-7,10,21H,3,8-9H2,(H,17,20)(H,18,22)(H,19,23). The van der Waals surface area contributed by atoms with Crippen LogP contribution in [0.1, 0.15) is 6.42 Å². The maximum Gasteiger partial charge on any atom is 0.313 e. The lowest BCUT2D eigenvalue weighted by Gasteiger charge is -2.09. The van der Waals surface area contributed by atoms with Gasteiger partial charge in [0.25, 0.3) is 0 Å². The maximum absolute atomic E-state index is 11.9. The first-order chi connectivity index (χ1) is 11.1. The zero-order valence-corrected chi connectivity index (χ0v) is 12.3. The van der Waals surface area contributed by atoms with Crippen LogP contribution in [0.3, 0.4) is 0 Å². The van der Waals surface area contributed by atoms with E-state index in [0.717, 1.165) is 0 Å². The molecule has 0 spiro atoms. The molecule has 4 N–H and O–H groups in total. The van der Waals surface area contributed by atoms with E-state index in [4.69, 9.17) is 0 Å². The van der Waals surface area contributed by atoms with Gasteiger partial charge in [-0.25, -0.2) is 0 Å². The Hall–Kier alpha value is -3.09. The van der Waals surface area contributed by atoms with Gasteiger partial charge >= 0.3 is 11.8 Å². The molecule has 0 radical (unpaired) electrons. The second-order valence-electron chi connectivity index (χ2n) is 4.81. The smallest absolute Gasteiger partial charge is 0.313 e. The third-order valence-corrected chi connectivity index (χ3v) is 3.22. The number of anilines is 1. The molecule has 2 rings (SSSR count). The van der Waals surface area contributed by atoms with Crippen LogP contribution in [0.15, 0.2) is 36.4 Å². The van der Waals surface area contributed by atoms with E-state index in [9.17, 15) is 19.5 Å². The Morgan fingerprint density at radius 1 is 1.00 bits per heavy atom. The highest BCUT2D eigenvalue weighted by atomic mass is 16.3. The summed E-state index contributed by atoms with van der Waals surface area (Å²) in [7, 11) is 0. The highest BCUT2D eigenvalue weighted by Gasteiger charge is 2.14. The normalized spacial score (nSPS) is 10.1. The topological polar surface area (TPSA) is 108 Å². The molecular weight excluding hydrogens is 298 g/mol. The fourth-order valence-electron chi connectivity index (χ4n) is 2.11. The number of benzene rings is 2. The van der Waals surface area contributed by atoms with Gasteiger partial charge in [0, 0.05) is 29.5 Å². The quantitative estimate of drug-likeness (QED) is 0.358. The Balaban J connectivity index is 1.99. The zero-order chi connectivity index (χ0) is 16.7. The number of nitrogens with one attached hydrogen (secondary N) is 3. The van der Waals surface area contributed by atoms with E-state index in [1.54, 1.807) is 36.4 Å². The van der Waals surface area contributed by atoms with Gasteiger partial charge in [-0.2, -0.15) is 0 Å². The van der Waals surface area contributed by atoms with Crippen LogP contribution in [-0.4, -0.2) is 36.4 Å². The molecule has 7 heteroatoms. The van der Waals surface area contributed by atoms with Crippen molar-refractivity contribution in [1.82, 2.24) is 10.6 Å². The Morgan fingerprint density at radius 2 is 1.74 bits per heavy atom. The molecule has 0 atom stereocenters. The SMILES string of the molecule is O=CNCCCNC(=O)C(=O)Nc1cccc2c(O)cccc12. The van der Waals surface area contributed by atoms with Crippen molar-refractivity contribution in [1.29, 1.82) is 0 Å². The molecule has 0 aliphatic heterocycles. The average molecular weight is 315 g/mol. The van der Waals surface area contributed by atoms with Crippen LogP contribution in [0.2, 0.25) is 0 Å². The van der Waals surface area contributed by atoms with Crippen LogP contribution in [0.25, 0.3) is 10.8 Å². The van der Waals surface area contributed by atoms with Gasteiger partial charge in [-0.05, 0) is 18.6 Å². The summed E-state index contributed by atoms with van der Waals surface area (Å²) in [5, 5.41) is 18.5. The Bertz CT molecular complexity index is 730. The molecule has 2 aromatic carbocycles. The molecule has 120 valence electrons. The fourth-order valence-corrected chi connectivity index (χ4v) is 2.11. The maximum atomic E-state index is 11.9. The summed E-state index contributed by atoms with van der Waals surface area (Å²) in [6, 6.07) is 10.0. The third kappa shape index (κ3) is 4.19. The molecular formula is C16H17N3O4. The Morgan fingerprint density at radius 3 is 2.52 bits per heavy atom. The summed E-state index contributed by atoms with van der Waals surface area (Å²) in [4.78, 5) is 33.7. The van der Waals surface area contributed by atoms with Crippen molar-refractivity contribution >= 4 is 34.7 Å². The number of hydrogen-bond donors (Lipinski definition) is 4. The Labute approximate surface area is 132 Å². The monoisotopic (exact) mass is 315 g/mol. The van der Waals surface area contributed by atoms with E-state index in [1.807, 2.05) is 0 Å². The van der Waals surface area contributed by atoms with Crippen LogP contribution in [-0.2, 0) is 14.4 Å². The Kier molecular flexibility index (Phi) is 5.51. The van der Waals surface area contributed by atoms with Gasteiger partial charge < -0.3 is 21.1 Å². The van der Waals surface area contributed by atoms with Crippen LogP contribution in [0.5, 0.6) is 5.75 Å². The molecule has 2 aromatic rings. The lowest BCUT2D eigenvalue weighted by Crippen LogP contribution is -2.36. The third-order valence-electron chi connectivity index (χ3n) is 3.22.